The Balaban J connectivity index is 1.66. The van der Waals surface area contributed by atoms with E-state index < -0.39 is 0 Å². The first-order valence-corrected chi connectivity index (χ1v) is 8.85. The number of para-hydroxylation sites is 2. The quantitative estimate of drug-likeness (QED) is 0.816. The van der Waals surface area contributed by atoms with Gasteiger partial charge in [0.15, 0.2) is 5.16 Å². The van der Waals surface area contributed by atoms with Gasteiger partial charge in [-0.05, 0) is 30.4 Å². The van der Waals surface area contributed by atoms with E-state index in [2.05, 4.69) is 29.5 Å². The summed E-state index contributed by atoms with van der Waals surface area (Å²) >= 11 is 1.54. The van der Waals surface area contributed by atoms with Crippen LogP contribution in [0.5, 0.6) is 0 Å². The van der Waals surface area contributed by atoms with Gasteiger partial charge in [0.05, 0.1) is 16.8 Å². The van der Waals surface area contributed by atoms with Crippen LogP contribution in [0.1, 0.15) is 20.3 Å². The Hall–Kier alpha value is -1.49. The van der Waals surface area contributed by atoms with Crippen molar-refractivity contribution in [3.8, 4) is 0 Å². The summed E-state index contributed by atoms with van der Waals surface area (Å²) in [7, 11) is 2.01. The fraction of sp³-hybridized carbons (Fsp3) is 0.529. The Bertz CT molecular complexity index is 672. The molecule has 0 radical (unpaired) electrons. The molecule has 1 aliphatic heterocycles. The van der Waals surface area contributed by atoms with Gasteiger partial charge in [-0.3, -0.25) is 4.79 Å². The average molecular weight is 317 g/mol. The van der Waals surface area contributed by atoms with Crippen molar-refractivity contribution in [3.05, 3.63) is 24.3 Å². The highest BCUT2D eigenvalue weighted by molar-refractivity contribution is 7.99. The Morgan fingerprint density at radius 3 is 2.64 bits per heavy atom. The van der Waals surface area contributed by atoms with Gasteiger partial charge in [-0.2, -0.15) is 0 Å². The maximum absolute atomic E-state index is 12.5. The van der Waals surface area contributed by atoms with Gasteiger partial charge in [0, 0.05) is 20.1 Å². The first kappa shape index (κ1) is 15.4. The third-order valence-corrected chi connectivity index (χ3v) is 5.31. The van der Waals surface area contributed by atoms with Crippen LogP contribution in [-0.4, -0.2) is 39.2 Å². The number of carbonyl (C=O) groups excluding carboxylic acids is 1. The van der Waals surface area contributed by atoms with Crippen LogP contribution in [-0.2, 0) is 11.8 Å². The number of hydrogen-bond donors (Lipinski definition) is 0. The molecule has 1 aliphatic rings. The van der Waals surface area contributed by atoms with E-state index in [9.17, 15) is 4.79 Å². The topological polar surface area (TPSA) is 38.1 Å². The number of imidazole rings is 1. The third-order valence-electron chi connectivity index (χ3n) is 4.29. The summed E-state index contributed by atoms with van der Waals surface area (Å²) in [5.41, 5.74) is 2.10. The van der Waals surface area contributed by atoms with E-state index in [-0.39, 0.29) is 5.91 Å². The molecule has 1 amide bonds. The summed E-state index contributed by atoms with van der Waals surface area (Å²) in [5, 5.41) is 0.910. The molecule has 2 atom stereocenters. The number of hydrogen-bond acceptors (Lipinski definition) is 3. The second-order valence-electron chi connectivity index (χ2n) is 6.48. The molecule has 3 rings (SSSR count). The molecule has 0 aliphatic carbocycles. The third kappa shape index (κ3) is 3.14. The van der Waals surface area contributed by atoms with Crippen molar-refractivity contribution in [3.63, 3.8) is 0 Å². The summed E-state index contributed by atoms with van der Waals surface area (Å²) < 4.78 is 2.06. The van der Waals surface area contributed by atoms with E-state index in [1.165, 1.54) is 18.2 Å². The van der Waals surface area contributed by atoms with Crippen molar-refractivity contribution in [1.82, 2.24) is 14.5 Å². The number of rotatable bonds is 3. The molecule has 22 heavy (non-hydrogen) atoms. The minimum Gasteiger partial charge on any atom is -0.341 e. The lowest BCUT2D eigenvalue weighted by Gasteiger charge is -2.34. The van der Waals surface area contributed by atoms with Crippen molar-refractivity contribution >= 4 is 28.7 Å². The molecular weight excluding hydrogens is 294 g/mol. The number of likely N-dealkylation sites (tertiary alicyclic amines) is 1. The van der Waals surface area contributed by atoms with Crippen LogP contribution in [0.15, 0.2) is 29.4 Å². The second kappa shape index (κ2) is 6.32. The summed E-state index contributed by atoms with van der Waals surface area (Å²) in [6.07, 6.45) is 1.22. The van der Waals surface area contributed by atoms with E-state index in [1.54, 1.807) is 0 Å². The highest BCUT2D eigenvalue weighted by Gasteiger charge is 2.25. The Kier molecular flexibility index (Phi) is 4.43. The second-order valence-corrected chi connectivity index (χ2v) is 7.42. The lowest BCUT2D eigenvalue weighted by molar-refractivity contribution is -0.130. The lowest BCUT2D eigenvalue weighted by atomic mass is 9.92. The van der Waals surface area contributed by atoms with Crippen LogP contribution in [0.4, 0.5) is 0 Å². The Labute approximate surface area is 135 Å². The van der Waals surface area contributed by atoms with Gasteiger partial charge in [0.1, 0.15) is 0 Å². The van der Waals surface area contributed by atoms with Crippen molar-refractivity contribution in [1.29, 1.82) is 0 Å². The van der Waals surface area contributed by atoms with E-state index >= 15 is 0 Å². The molecule has 0 bridgehead atoms. The zero-order valence-corrected chi connectivity index (χ0v) is 14.3. The highest BCUT2D eigenvalue weighted by Crippen LogP contribution is 2.25. The van der Waals surface area contributed by atoms with E-state index in [0.29, 0.717) is 17.6 Å². The molecular formula is C17H23N3OS. The fourth-order valence-corrected chi connectivity index (χ4v) is 4.23. The van der Waals surface area contributed by atoms with Crippen molar-refractivity contribution in [2.45, 2.75) is 25.4 Å². The van der Waals surface area contributed by atoms with Crippen LogP contribution in [0.2, 0.25) is 0 Å². The molecule has 0 unspecified atom stereocenters. The first-order valence-electron chi connectivity index (χ1n) is 7.86. The molecule has 0 N–H and O–H groups in total. The minimum atomic E-state index is 0.232. The van der Waals surface area contributed by atoms with Crippen molar-refractivity contribution in [2.24, 2.45) is 18.9 Å². The fourth-order valence-electron chi connectivity index (χ4n) is 3.34. The molecule has 2 aromatic rings. The number of benzene rings is 1. The summed E-state index contributed by atoms with van der Waals surface area (Å²) in [6, 6.07) is 8.07. The standard InChI is InChI=1S/C17H23N3OS/c1-12-8-13(2)10-20(9-12)16(21)11-22-17-18-14-6-4-5-7-15(14)19(17)3/h4-7,12-13H,8-11H2,1-3H3/t12-,13-/m0/s1. The van der Waals surface area contributed by atoms with Crippen LogP contribution < -0.4 is 0 Å². The number of nitrogens with zero attached hydrogens (tertiary/aromatic N) is 3. The summed E-state index contributed by atoms with van der Waals surface area (Å²) in [4.78, 5) is 19.1. The van der Waals surface area contributed by atoms with Crippen molar-refractivity contribution < 1.29 is 4.79 Å². The van der Waals surface area contributed by atoms with Gasteiger partial charge >= 0.3 is 0 Å². The van der Waals surface area contributed by atoms with Gasteiger partial charge in [-0.1, -0.05) is 37.7 Å². The van der Waals surface area contributed by atoms with Crippen molar-refractivity contribution in [2.75, 3.05) is 18.8 Å². The zero-order valence-electron chi connectivity index (χ0n) is 13.5. The SMILES string of the molecule is C[C@H]1C[C@H](C)CN(C(=O)CSc2nc3ccccc3n2C)C1. The van der Waals surface area contributed by atoms with Crippen LogP contribution >= 0.6 is 11.8 Å². The lowest BCUT2D eigenvalue weighted by Crippen LogP contribution is -2.43. The maximum atomic E-state index is 12.5. The Morgan fingerprint density at radius 2 is 1.95 bits per heavy atom. The number of aryl methyl sites for hydroxylation is 1. The van der Waals surface area contributed by atoms with Gasteiger partial charge < -0.3 is 9.47 Å². The number of thioether (sulfide) groups is 1. The molecule has 2 heterocycles. The molecule has 5 heteroatoms. The maximum Gasteiger partial charge on any atom is 0.233 e. The number of amides is 1. The largest absolute Gasteiger partial charge is 0.341 e. The molecule has 0 spiro atoms. The van der Waals surface area contributed by atoms with Gasteiger partial charge in [-0.15, -0.1) is 0 Å². The van der Waals surface area contributed by atoms with Gasteiger partial charge in [-0.25, -0.2) is 4.98 Å². The summed E-state index contributed by atoms with van der Waals surface area (Å²) in [6.45, 7) is 6.25. The number of piperidine rings is 1. The summed E-state index contributed by atoms with van der Waals surface area (Å²) in [5.74, 6) is 1.91. The highest BCUT2D eigenvalue weighted by atomic mass is 32.2. The molecule has 118 valence electrons. The first-order chi connectivity index (χ1) is 10.5. The predicted octanol–water partition coefficient (Wildman–Crippen LogP) is 3.17. The van der Waals surface area contributed by atoms with Crippen LogP contribution in [0.3, 0.4) is 0 Å². The zero-order chi connectivity index (χ0) is 15.7. The van der Waals surface area contributed by atoms with Crippen LogP contribution in [0.25, 0.3) is 11.0 Å². The molecule has 1 aromatic heterocycles. The molecule has 1 saturated heterocycles. The molecule has 1 fully saturated rings. The average Bonchev–Trinajstić information content (AvgIpc) is 2.81. The number of carbonyl (C=O) groups is 1. The minimum absolute atomic E-state index is 0.232. The monoisotopic (exact) mass is 317 g/mol. The van der Waals surface area contributed by atoms with Crippen LogP contribution in [0, 0.1) is 11.8 Å². The van der Waals surface area contributed by atoms with E-state index in [0.717, 1.165) is 29.3 Å². The normalized spacial score (nSPS) is 22.2. The predicted molar refractivity (Wildman–Crippen MR) is 91.0 cm³/mol. The number of aromatic nitrogens is 2. The number of fused-ring (bicyclic) bond motifs is 1. The Morgan fingerprint density at radius 1 is 1.27 bits per heavy atom. The van der Waals surface area contributed by atoms with Gasteiger partial charge in [0.25, 0.3) is 0 Å². The smallest absolute Gasteiger partial charge is 0.233 e. The molecule has 0 saturated carbocycles. The van der Waals surface area contributed by atoms with Gasteiger partial charge in [0.2, 0.25) is 5.91 Å². The van der Waals surface area contributed by atoms with E-state index in [4.69, 9.17) is 0 Å². The molecule has 1 aromatic carbocycles. The van der Waals surface area contributed by atoms with E-state index in [1.807, 2.05) is 30.1 Å². The molecule has 4 nitrogen and oxygen atoms in total.